The molecule has 0 aliphatic heterocycles. The predicted octanol–water partition coefficient (Wildman–Crippen LogP) is 0.383. The zero-order chi connectivity index (χ0) is 10.1. The van der Waals surface area contributed by atoms with Crippen LogP contribution in [0.15, 0.2) is 16.9 Å². The fraction of sp³-hybridized carbons (Fsp3) is 0.500. The zero-order valence-corrected chi connectivity index (χ0v) is 6.38. The third-order valence-electron chi connectivity index (χ3n) is 1.55. The van der Waals surface area contributed by atoms with Crippen molar-refractivity contribution in [3.63, 3.8) is 0 Å². The minimum Gasteiger partial charge on any atom is -0.446 e. The first-order valence-electron chi connectivity index (χ1n) is 3.31. The van der Waals surface area contributed by atoms with Crippen molar-refractivity contribution in [1.29, 1.82) is 0 Å². The summed E-state index contributed by atoms with van der Waals surface area (Å²) in [6.07, 6.45) is -2.96. The summed E-state index contributed by atoms with van der Waals surface area (Å²) in [5.41, 5.74) is 1.62. The van der Waals surface area contributed by atoms with Gasteiger partial charge >= 0.3 is 6.18 Å². The lowest BCUT2D eigenvalue weighted by atomic mass is 10.0. The van der Waals surface area contributed by atoms with Gasteiger partial charge in [-0.25, -0.2) is 4.98 Å². The van der Waals surface area contributed by atoms with Gasteiger partial charge in [-0.1, -0.05) is 0 Å². The maximum Gasteiger partial charge on any atom is 0.427 e. The standard InChI is InChI=1S/C6H7F3N2O2/c7-6(8,9)5(12,3-10)4-11-1-2-13-4/h1-2,12H,3,10H2. The van der Waals surface area contributed by atoms with Crippen LogP contribution in [0.3, 0.4) is 0 Å². The van der Waals surface area contributed by atoms with Crippen LogP contribution in [-0.2, 0) is 5.60 Å². The average Bonchev–Trinajstić information content (AvgIpc) is 2.52. The smallest absolute Gasteiger partial charge is 0.427 e. The van der Waals surface area contributed by atoms with Crippen LogP contribution < -0.4 is 5.73 Å². The first-order chi connectivity index (χ1) is 5.92. The van der Waals surface area contributed by atoms with E-state index in [9.17, 15) is 13.2 Å². The summed E-state index contributed by atoms with van der Waals surface area (Å²) in [4.78, 5) is 3.21. The monoisotopic (exact) mass is 196 g/mol. The Morgan fingerprint density at radius 2 is 2.15 bits per heavy atom. The Kier molecular flexibility index (Phi) is 2.31. The molecule has 0 amide bonds. The molecule has 0 aromatic carbocycles. The molecular weight excluding hydrogens is 189 g/mol. The number of rotatable bonds is 2. The number of alkyl halides is 3. The Bertz CT molecular complexity index is 272. The summed E-state index contributed by atoms with van der Waals surface area (Å²) in [6, 6.07) is 0. The molecular formula is C6H7F3N2O2. The zero-order valence-electron chi connectivity index (χ0n) is 6.38. The Morgan fingerprint density at radius 3 is 2.46 bits per heavy atom. The van der Waals surface area contributed by atoms with Crippen LogP contribution in [0.1, 0.15) is 5.89 Å². The molecule has 1 rings (SSSR count). The highest BCUT2D eigenvalue weighted by Crippen LogP contribution is 2.36. The molecule has 0 aliphatic carbocycles. The summed E-state index contributed by atoms with van der Waals surface area (Å²) in [7, 11) is 0. The minimum absolute atomic E-state index is 0.845. The van der Waals surface area contributed by atoms with Crippen molar-refractivity contribution in [2.45, 2.75) is 11.8 Å². The van der Waals surface area contributed by atoms with Gasteiger partial charge in [0.2, 0.25) is 11.5 Å². The summed E-state index contributed by atoms with van der Waals surface area (Å²) >= 11 is 0. The fourth-order valence-corrected chi connectivity index (χ4v) is 0.752. The first kappa shape index (κ1) is 10.0. The highest BCUT2D eigenvalue weighted by atomic mass is 19.4. The number of halogens is 3. The van der Waals surface area contributed by atoms with Crippen molar-refractivity contribution in [2.75, 3.05) is 6.54 Å². The van der Waals surface area contributed by atoms with E-state index in [1.54, 1.807) is 0 Å². The normalized spacial score (nSPS) is 17.0. The molecule has 3 N–H and O–H groups in total. The topological polar surface area (TPSA) is 72.3 Å². The average molecular weight is 196 g/mol. The van der Waals surface area contributed by atoms with E-state index in [1.807, 2.05) is 0 Å². The van der Waals surface area contributed by atoms with Gasteiger partial charge in [-0.05, 0) is 0 Å². The molecule has 1 atom stereocenters. The van der Waals surface area contributed by atoms with Crippen LogP contribution in [0, 0.1) is 0 Å². The van der Waals surface area contributed by atoms with E-state index in [-0.39, 0.29) is 0 Å². The predicted molar refractivity (Wildman–Crippen MR) is 35.5 cm³/mol. The molecule has 7 heteroatoms. The summed E-state index contributed by atoms with van der Waals surface area (Å²) in [6.45, 7) is -1.03. The first-order valence-corrected chi connectivity index (χ1v) is 3.31. The van der Waals surface area contributed by atoms with E-state index in [0.717, 1.165) is 12.5 Å². The summed E-state index contributed by atoms with van der Waals surface area (Å²) in [5.74, 6) is -0.845. The van der Waals surface area contributed by atoms with Crippen LogP contribution in [-0.4, -0.2) is 22.8 Å². The lowest BCUT2D eigenvalue weighted by Crippen LogP contribution is -2.48. The molecule has 0 saturated carbocycles. The van der Waals surface area contributed by atoms with Gasteiger partial charge in [0.25, 0.3) is 0 Å². The number of nitrogens with two attached hydrogens (primary N) is 1. The van der Waals surface area contributed by atoms with E-state index in [1.165, 1.54) is 0 Å². The van der Waals surface area contributed by atoms with Crippen LogP contribution in [0.2, 0.25) is 0 Å². The van der Waals surface area contributed by atoms with E-state index in [4.69, 9.17) is 10.8 Å². The van der Waals surface area contributed by atoms with E-state index in [0.29, 0.717) is 0 Å². The summed E-state index contributed by atoms with van der Waals surface area (Å²) in [5, 5.41) is 9.11. The second-order valence-corrected chi connectivity index (χ2v) is 2.40. The molecule has 1 unspecified atom stereocenters. The Balaban J connectivity index is 3.09. The summed E-state index contributed by atoms with van der Waals surface area (Å²) < 4.78 is 41.1. The van der Waals surface area contributed by atoms with E-state index < -0.39 is 24.2 Å². The molecule has 0 spiro atoms. The number of oxazole rings is 1. The van der Waals surface area contributed by atoms with Gasteiger partial charge in [0.1, 0.15) is 6.26 Å². The lowest BCUT2D eigenvalue weighted by molar-refractivity contribution is -0.269. The van der Waals surface area contributed by atoms with Crippen LogP contribution >= 0.6 is 0 Å². The van der Waals surface area contributed by atoms with Gasteiger partial charge in [-0.2, -0.15) is 13.2 Å². The van der Waals surface area contributed by atoms with Crippen molar-refractivity contribution in [1.82, 2.24) is 4.98 Å². The quantitative estimate of drug-likeness (QED) is 0.717. The van der Waals surface area contributed by atoms with Crippen molar-refractivity contribution < 1.29 is 22.7 Å². The van der Waals surface area contributed by atoms with Crippen molar-refractivity contribution in [3.8, 4) is 0 Å². The molecule has 0 aliphatic rings. The van der Waals surface area contributed by atoms with Crippen molar-refractivity contribution >= 4 is 0 Å². The second kappa shape index (κ2) is 3.00. The van der Waals surface area contributed by atoms with Crippen molar-refractivity contribution in [3.05, 3.63) is 18.4 Å². The molecule has 0 fully saturated rings. The lowest BCUT2D eigenvalue weighted by Gasteiger charge is -2.25. The van der Waals surface area contributed by atoms with Crippen LogP contribution in [0.4, 0.5) is 13.2 Å². The fourth-order valence-electron chi connectivity index (χ4n) is 0.752. The highest BCUT2D eigenvalue weighted by molar-refractivity contribution is 5.03. The molecule has 1 aromatic heterocycles. The molecule has 74 valence electrons. The van der Waals surface area contributed by atoms with Gasteiger partial charge in [0, 0.05) is 6.54 Å². The molecule has 4 nitrogen and oxygen atoms in total. The molecule has 0 saturated heterocycles. The third-order valence-corrected chi connectivity index (χ3v) is 1.55. The van der Waals surface area contributed by atoms with Crippen LogP contribution in [0.25, 0.3) is 0 Å². The van der Waals surface area contributed by atoms with E-state index >= 15 is 0 Å². The third kappa shape index (κ3) is 1.52. The molecule has 13 heavy (non-hydrogen) atoms. The number of aromatic nitrogens is 1. The highest BCUT2D eigenvalue weighted by Gasteiger charge is 2.57. The maximum absolute atomic E-state index is 12.2. The number of aliphatic hydroxyl groups is 1. The number of hydrogen-bond donors (Lipinski definition) is 2. The largest absolute Gasteiger partial charge is 0.446 e. The van der Waals surface area contributed by atoms with Gasteiger partial charge in [-0.15, -0.1) is 0 Å². The minimum atomic E-state index is -4.90. The van der Waals surface area contributed by atoms with Gasteiger partial charge in [0.05, 0.1) is 6.20 Å². The Labute approximate surface area is 71.2 Å². The van der Waals surface area contributed by atoms with Gasteiger partial charge in [0.15, 0.2) is 0 Å². The number of nitrogens with zero attached hydrogens (tertiary/aromatic N) is 1. The van der Waals surface area contributed by atoms with E-state index in [2.05, 4.69) is 9.40 Å². The Morgan fingerprint density at radius 1 is 1.54 bits per heavy atom. The second-order valence-electron chi connectivity index (χ2n) is 2.40. The molecule has 1 heterocycles. The Hall–Kier alpha value is -1.08. The van der Waals surface area contributed by atoms with Gasteiger partial charge < -0.3 is 15.3 Å². The SMILES string of the molecule is NCC(O)(c1ncco1)C(F)(F)F. The maximum atomic E-state index is 12.2. The van der Waals surface area contributed by atoms with Crippen molar-refractivity contribution in [2.24, 2.45) is 5.73 Å². The molecule has 1 aromatic rings. The van der Waals surface area contributed by atoms with Crippen LogP contribution in [0.5, 0.6) is 0 Å². The van der Waals surface area contributed by atoms with Gasteiger partial charge in [-0.3, -0.25) is 0 Å². The number of hydrogen-bond acceptors (Lipinski definition) is 4. The molecule has 0 radical (unpaired) electrons. The molecule has 0 bridgehead atoms.